The van der Waals surface area contributed by atoms with Crippen LogP contribution >= 0.6 is 0 Å². The number of ether oxygens (including phenoxy) is 8. The summed E-state index contributed by atoms with van der Waals surface area (Å²) in [6.07, 6.45) is 0.267. The van der Waals surface area contributed by atoms with Crippen LogP contribution in [-0.4, -0.2) is 185 Å². The summed E-state index contributed by atoms with van der Waals surface area (Å²) in [6.45, 7) is 5.31. The summed E-state index contributed by atoms with van der Waals surface area (Å²) in [5.74, 6) is -2.23. The highest BCUT2D eigenvalue weighted by molar-refractivity contribution is 5.79. The Kier molecular flexibility index (Phi) is 32.8. The van der Waals surface area contributed by atoms with Gasteiger partial charge in [0.15, 0.2) is 5.78 Å². The lowest BCUT2D eigenvalue weighted by Crippen LogP contribution is -2.36. The van der Waals surface area contributed by atoms with Gasteiger partial charge in [0.2, 0.25) is 23.6 Å². The van der Waals surface area contributed by atoms with Gasteiger partial charge in [0.25, 0.3) is 0 Å². The molecule has 0 aromatic carbocycles. The molecule has 0 rings (SSSR count). The number of rotatable bonds is 37. The fourth-order valence-corrected chi connectivity index (χ4v) is 3.55. The van der Waals surface area contributed by atoms with E-state index in [1.807, 2.05) is 0 Å². The summed E-state index contributed by atoms with van der Waals surface area (Å²) in [5, 5.41) is 22.1. The van der Waals surface area contributed by atoms with E-state index in [2.05, 4.69) is 26.6 Å². The van der Waals surface area contributed by atoms with Crippen LogP contribution < -0.4 is 26.6 Å². The Morgan fingerprint density at radius 3 is 1.10 bits per heavy atom. The second kappa shape index (κ2) is 35.1. The van der Waals surface area contributed by atoms with Crippen molar-refractivity contribution in [2.45, 2.75) is 25.8 Å². The number of aliphatic carboxylic acids is 1. The van der Waals surface area contributed by atoms with E-state index in [0.29, 0.717) is 26.4 Å². The molecule has 20 heteroatoms. The van der Waals surface area contributed by atoms with Crippen molar-refractivity contribution in [2.75, 3.05) is 139 Å². The average Bonchev–Trinajstić information content (AvgIpc) is 3.09. The van der Waals surface area contributed by atoms with E-state index in [-0.39, 0.29) is 148 Å². The van der Waals surface area contributed by atoms with Crippen LogP contribution in [0.1, 0.15) is 19.8 Å². The van der Waals surface area contributed by atoms with Crippen molar-refractivity contribution in [2.24, 2.45) is 0 Å². The van der Waals surface area contributed by atoms with Crippen LogP contribution in [0.5, 0.6) is 0 Å². The first-order chi connectivity index (χ1) is 24.6. The quantitative estimate of drug-likeness (QED) is 0.0340. The number of hydrogen-bond acceptors (Lipinski definition) is 15. The normalized spacial score (nSPS) is 11.5. The Hall–Kier alpha value is -3.34. The molecule has 0 heterocycles. The molecular weight excluding hydrogens is 682 g/mol. The first-order valence-electron chi connectivity index (χ1n) is 16.7. The second-order valence-electron chi connectivity index (χ2n) is 10.5. The summed E-state index contributed by atoms with van der Waals surface area (Å²) in [5.41, 5.74) is 0. The Morgan fingerprint density at radius 1 is 0.471 bits per heavy atom. The van der Waals surface area contributed by atoms with E-state index in [9.17, 15) is 28.8 Å². The maximum absolute atomic E-state index is 11.8. The molecule has 0 spiro atoms. The zero-order chi connectivity index (χ0) is 37.8. The van der Waals surface area contributed by atoms with Crippen molar-refractivity contribution in [1.29, 1.82) is 0 Å². The minimum absolute atomic E-state index is 0.0528. The van der Waals surface area contributed by atoms with Gasteiger partial charge in [-0.1, -0.05) is 0 Å². The molecule has 0 aliphatic heterocycles. The number of likely N-dealkylation sites (N-methyl/N-ethyl adjacent to an activating group) is 1. The number of Topliss-reactive ketones (excluding diaryl/α,β-unsaturated/α-hetero) is 1. The molecule has 0 aliphatic carbocycles. The maximum Gasteiger partial charge on any atom is 0.320 e. The SMILES string of the molecule is CN[C@@H](CCC(=O)NCCOCCOCC(=O)NCCOCCOCC(=O)NCCOCCOCC(=O)NCCOCCOCC(C)=O)C(=O)O. The van der Waals surface area contributed by atoms with E-state index in [0.717, 1.165) is 0 Å². The minimum atomic E-state index is -1.01. The van der Waals surface area contributed by atoms with Crippen LogP contribution in [0, 0.1) is 0 Å². The fourth-order valence-electron chi connectivity index (χ4n) is 3.55. The molecule has 0 aromatic rings. The van der Waals surface area contributed by atoms with Gasteiger partial charge in [-0.15, -0.1) is 0 Å². The van der Waals surface area contributed by atoms with E-state index in [1.165, 1.54) is 14.0 Å². The zero-order valence-electron chi connectivity index (χ0n) is 29.8. The van der Waals surface area contributed by atoms with Crippen LogP contribution in [0.3, 0.4) is 0 Å². The summed E-state index contributed by atoms with van der Waals surface area (Å²) in [7, 11) is 1.52. The number of carboxylic acid groups (broad SMARTS) is 1. The van der Waals surface area contributed by atoms with E-state index >= 15 is 0 Å². The Balaban J connectivity index is 3.41. The number of ketones is 1. The molecule has 296 valence electrons. The standard InChI is InChI=1S/C31H57N5O15/c1-25(37)21-48-17-13-45-10-6-34-28(39)23-50-19-15-47-12-8-36-30(41)24-51-20-16-46-11-7-35-29(40)22-49-18-14-44-9-5-33-27(38)4-3-26(32-2)31(42)43/h26,32H,3-24H2,1-2H3,(H,33,38)(H,34,39)(H,35,40)(H,36,41)(H,42,43)/t26-/m0/s1. The van der Waals surface area contributed by atoms with Crippen molar-refractivity contribution >= 4 is 35.4 Å². The van der Waals surface area contributed by atoms with Gasteiger partial charge in [0.1, 0.15) is 32.5 Å². The van der Waals surface area contributed by atoms with Crippen molar-refractivity contribution in [3.8, 4) is 0 Å². The lowest BCUT2D eigenvalue weighted by atomic mass is 10.1. The van der Waals surface area contributed by atoms with Gasteiger partial charge in [-0.3, -0.25) is 28.8 Å². The molecule has 20 nitrogen and oxygen atoms in total. The Morgan fingerprint density at radius 2 is 0.784 bits per heavy atom. The largest absolute Gasteiger partial charge is 0.480 e. The molecule has 0 saturated carbocycles. The third-order valence-electron chi connectivity index (χ3n) is 6.07. The molecular formula is C31H57N5O15. The predicted molar refractivity (Wildman–Crippen MR) is 179 cm³/mol. The van der Waals surface area contributed by atoms with Crippen molar-refractivity contribution < 1.29 is 71.8 Å². The van der Waals surface area contributed by atoms with E-state index < -0.39 is 12.0 Å². The van der Waals surface area contributed by atoms with Gasteiger partial charge in [-0.25, -0.2) is 0 Å². The van der Waals surface area contributed by atoms with Crippen LogP contribution in [0.15, 0.2) is 0 Å². The van der Waals surface area contributed by atoms with Crippen LogP contribution in [0.2, 0.25) is 0 Å². The first kappa shape index (κ1) is 47.7. The molecule has 4 amide bonds. The number of carbonyl (C=O) groups is 6. The molecule has 0 aliphatic rings. The average molecular weight is 740 g/mol. The smallest absolute Gasteiger partial charge is 0.320 e. The van der Waals surface area contributed by atoms with Gasteiger partial charge in [-0.2, -0.15) is 0 Å². The number of nitrogens with one attached hydrogen (secondary N) is 5. The van der Waals surface area contributed by atoms with Gasteiger partial charge >= 0.3 is 5.97 Å². The Bertz CT molecular complexity index is 960. The molecule has 0 unspecified atom stereocenters. The summed E-state index contributed by atoms with van der Waals surface area (Å²) in [6, 6.07) is -0.771. The number of hydrogen-bond donors (Lipinski definition) is 6. The first-order valence-corrected chi connectivity index (χ1v) is 16.7. The number of carbonyl (C=O) groups excluding carboxylic acids is 5. The Labute approximate surface area is 298 Å². The highest BCUT2D eigenvalue weighted by Gasteiger charge is 2.16. The molecule has 0 bridgehead atoms. The van der Waals surface area contributed by atoms with E-state index in [1.54, 1.807) is 0 Å². The summed E-state index contributed by atoms with van der Waals surface area (Å²) in [4.78, 5) is 68.6. The highest BCUT2D eigenvalue weighted by atomic mass is 16.5. The topological polar surface area (TPSA) is 257 Å². The highest BCUT2D eigenvalue weighted by Crippen LogP contribution is 1.97. The summed E-state index contributed by atoms with van der Waals surface area (Å²) >= 11 is 0. The predicted octanol–water partition coefficient (Wildman–Crippen LogP) is -3.37. The molecule has 0 radical (unpaired) electrons. The van der Waals surface area contributed by atoms with E-state index in [4.69, 9.17) is 43.0 Å². The van der Waals surface area contributed by atoms with Crippen LogP contribution in [0.4, 0.5) is 0 Å². The minimum Gasteiger partial charge on any atom is -0.480 e. The van der Waals surface area contributed by atoms with Gasteiger partial charge < -0.3 is 69.6 Å². The van der Waals surface area contributed by atoms with Gasteiger partial charge in [0, 0.05) is 32.6 Å². The molecule has 1 atom stereocenters. The van der Waals surface area contributed by atoms with Gasteiger partial charge in [-0.05, 0) is 20.4 Å². The van der Waals surface area contributed by atoms with Crippen molar-refractivity contribution in [3.05, 3.63) is 0 Å². The maximum atomic E-state index is 11.8. The van der Waals surface area contributed by atoms with Crippen LogP contribution in [-0.2, 0) is 66.7 Å². The monoisotopic (exact) mass is 739 g/mol. The lowest BCUT2D eigenvalue weighted by molar-refractivity contribution is -0.139. The molecule has 6 N–H and O–H groups in total. The second-order valence-corrected chi connectivity index (χ2v) is 10.5. The third kappa shape index (κ3) is 34.9. The molecule has 0 saturated heterocycles. The zero-order valence-corrected chi connectivity index (χ0v) is 29.8. The number of carboxylic acids is 1. The molecule has 0 fully saturated rings. The third-order valence-corrected chi connectivity index (χ3v) is 6.07. The number of amides is 4. The van der Waals surface area contributed by atoms with Gasteiger partial charge in [0.05, 0.1) is 79.3 Å². The summed E-state index contributed by atoms with van der Waals surface area (Å²) < 4.78 is 42.0. The fraction of sp³-hybridized carbons (Fsp3) is 0.806. The molecule has 0 aromatic heterocycles. The molecule has 51 heavy (non-hydrogen) atoms. The van der Waals surface area contributed by atoms with Crippen LogP contribution in [0.25, 0.3) is 0 Å². The lowest BCUT2D eigenvalue weighted by Gasteiger charge is -2.11. The van der Waals surface area contributed by atoms with Crippen molar-refractivity contribution in [1.82, 2.24) is 26.6 Å². The van der Waals surface area contributed by atoms with Crippen molar-refractivity contribution in [3.63, 3.8) is 0 Å².